The van der Waals surface area contributed by atoms with Gasteiger partial charge in [0.1, 0.15) is 0 Å². The fourth-order valence-electron chi connectivity index (χ4n) is 1.72. The summed E-state index contributed by atoms with van der Waals surface area (Å²) in [7, 11) is 4.17. The first-order valence-corrected chi connectivity index (χ1v) is 6.45. The van der Waals surface area contributed by atoms with Crippen LogP contribution in [0.25, 0.3) is 0 Å². The molecule has 0 bridgehead atoms. The van der Waals surface area contributed by atoms with E-state index in [1.54, 1.807) is 0 Å². The smallest absolute Gasteiger partial charge is 0.0492 e. The Labute approximate surface area is 105 Å². The number of hydrogen-bond donors (Lipinski definition) is 1. The van der Waals surface area contributed by atoms with Crippen molar-refractivity contribution in [1.29, 1.82) is 0 Å². The van der Waals surface area contributed by atoms with Gasteiger partial charge < -0.3 is 10.2 Å². The third-order valence-electron chi connectivity index (χ3n) is 2.90. The summed E-state index contributed by atoms with van der Waals surface area (Å²) in [5.74, 6) is 0.731. The van der Waals surface area contributed by atoms with Gasteiger partial charge in [0.15, 0.2) is 0 Å². The Hall–Kier alpha value is -0.870. The van der Waals surface area contributed by atoms with E-state index < -0.39 is 0 Å². The maximum Gasteiger partial charge on any atom is 0.0492 e. The molecule has 0 radical (unpaired) electrons. The monoisotopic (exact) mass is 238 g/mol. The minimum Gasteiger partial charge on any atom is -0.315 e. The van der Waals surface area contributed by atoms with Crippen molar-refractivity contribution in [1.82, 2.24) is 20.0 Å². The zero-order valence-electron chi connectivity index (χ0n) is 11.6. The molecule has 0 atom stereocenters. The zero-order valence-corrected chi connectivity index (χ0v) is 11.6. The topological polar surface area (TPSA) is 33.1 Å². The largest absolute Gasteiger partial charge is 0.315 e. The second-order valence-corrected chi connectivity index (χ2v) is 5.10. The highest BCUT2D eigenvalue weighted by Gasteiger charge is 2.02. The lowest BCUT2D eigenvalue weighted by molar-refractivity contribution is 0.330. The molecule has 4 nitrogen and oxygen atoms in total. The van der Waals surface area contributed by atoms with Crippen molar-refractivity contribution in [2.75, 3.05) is 33.2 Å². The molecule has 0 fully saturated rings. The summed E-state index contributed by atoms with van der Waals surface area (Å²) in [6.45, 7) is 8.83. The number of likely N-dealkylation sites (N-methyl/N-ethyl adjacent to an activating group) is 1. The average Bonchev–Trinajstić information content (AvgIpc) is 2.67. The van der Waals surface area contributed by atoms with Gasteiger partial charge in [-0.15, -0.1) is 0 Å². The predicted molar refractivity (Wildman–Crippen MR) is 72.1 cm³/mol. The normalized spacial score (nSPS) is 11.6. The number of rotatable bonds is 8. The molecule has 1 heterocycles. The third kappa shape index (κ3) is 5.84. The Kier molecular flexibility index (Phi) is 6.22. The van der Waals surface area contributed by atoms with E-state index in [-0.39, 0.29) is 0 Å². The van der Waals surface area contributed by atoms with Crippen LogP contribution in [0, 0.1) is 5.92 Å². The lowest BCUT2D eigenvalue weighted by Crippen LogP contribution is -2.32. The third-order valence-corrected chi connectivity index (χ3v) is 2.90. The van der Waals surface area contributed by atoms with Crippen LogP contribution < -0.4 is 5.32 Å². The van der Waals surface area contributed by atoms with E-state index in [0.29, 0.717) is 0 Å². The highest BCUT2D eigenvalue weighted by atomic mass is 15.3. The number of aromatic nitrogens is 2. The molecular weight excluding hydrogens is 212 g/mol. The molecular formula is C13H26N4. The molecule has 1 aromatic heterocycles. The molecule has 0 aliphatic rings. The van der Waals surface area contributed by atoms with Crippen LogP contribution in [0.3, 0.4) is 0 Å². The van der Waals surface area contributed by atoms with Crippen molar-refractivity contribution in [2.45, 2.75) is 20.3 Å². The number of nitrogens with zero attached hydrogens (tertiary/aromatic N) is 3. The van der Waals surface area contributed by atoms with Crippen molar-refractivity contribution in [2.24, 2.45) is 13.0 Å². The molecule has 0 amide bonds. The first-order chi connectivity index (χ1) is 8.09. The minimum absolute atomic E-state index is 0.731. The molecule has 0 spiro atoms. The van der Waals surface area contributed by atoms with E-state index in [1.807, 2.05) is 17.9 Å². The molecule has 17 heavy (non-hydrogen) atoms. The van der Waals surface area contributed by atoms with Crippen molar-refractivity contribution in [3.05, 3.63) is 18.0 Å². The first-order valence-electron chi connectivity index (χ1n) is 6.45. The number of nitrogens with one attached hydrogen (secondary N) is 1. The lowest BCUT2D eigenvalue weighted by Gasteiger charge is -2.17. The van der Waals surface area contributed by atoms with Crippen molar-refractivity contribution < 1.29 is 0 Å². The molecule has 1 N–H and O–H groups in total. The van der Waals surface area contributed by atoms with Gasteiger partial charge in [0.25, 0.3) is 0 Å². The van der Waals surface area contributed by atoms with Crippen LogP contribution in [0.4, 0.5) is 0 Å². The van der Waals surface area contributed by atoms with E-state index in [2.05, 4.69) is 42.3 Å². The van der Waals surface area contributed by atoms with E-state index >= 15 is 0 Å². The number of aryl methyl sites for hydroxylation is 1. The van der Waals surface area contributed by atoms with Gasteiger partial charge in [-0.3, -0.25) is 4.68 Å². The van der Waals surface area contributed by atoms with Crippen molar-refractivity contribution in [3.63, 3.8) is 0 Å². The van der Waals surface area contributed by atoms with Gasteiger partial charge in [0.05, 0.1) is 0 Å². The Morgan fingerprint density at radius 3 is 2.76 bits per heavy atom. The van der Waals surface area contributed by atoms with Crippen LogP contribution in [0.1, 0.15) is 19.5 Å². The van der Waals surface area contributed by atoms with Gasteiger partial charge in [0, 0.05) is 45.0 Å². The fraction of sp³-hybridized carbons (Fsp3) is 0.769. The van der Waals surface area contributed by atoms with Gasteiger partial charge in [-0.2, -0.15) is 5.10 Å². The van der Waals surface area contributed by atoms with Crippen LogP contribution in [0.2, 0.25) is 0 Å². The summed E-state index contributed by atoms with van der Waals surface area (Å²) in [6, 6.07) is 2.09. The van der Waals surface area contributed by atoms with Gasteiger partial charge in [0.2, 0.25) is 0 Å². The second kappa shape index (κ2) is 7.45. The second-order valence-electron chi connectivity index (χ2n) is 5.10. The quantitative estimate of drug-likeness (QED) is 0.690. The summed E-state index contributed by atoms with van der Waals surface area (Å²) < 4.78 is 1.95. The molecule has 1 rings (SSSR count). The molecule has 0 saturated heterocycles. The lowest BCUT2D eigenvalue weighted by atomic mass is 10.2. The summed E-state index contributed by atoms with van der Waals surface area (Å²) >= 11 is 0. The van der Waals surface area contributed by atoms with E-state index in [9.17, 15) is 0 Å². The molecule has 0 aliphatic carbocycles. The van der Waals surface area contributed by atoms with Gasteiger partial charge >= 0.3 is 0 Å². The number of hydrogen-bond acceptors (Lipinski definition) is 3. The van der Waals surface area contributed by atoms with Gasteiger partial charge in [-0.25, -0.2) is 0 Å². The van der Waals surface area contributed by atoms with Crippen LogP contribution in [0.15, 0.2) is 12.3 Å². The fourth-order valence-corrected chi connectivity index (χ4v) is 1.72. The Morgan fingerprint density at radius 2 is 2.18 bits per heavy atom. The highest BCUT2D eigenvalue weighted by molar-refractivity contribution is 5.00. The molecule has 1 aromatic rings. The summed E-state index contributed by atoms with van der Waals surface area (Å²) in [4.78, 5) is 2.36. The molecule has 0 unspecified atom stereocenters. The minimum atomic E-state index is 0.731. The van der Waals surface area contributed by atoms with Crippen molar-refractivity contribution >= 4 is 0 Å². The van der Waals surface area contributed by atoms with Crippen LogP contribution >= 0.6 is 0 Å². The molecule has 0 aliphatic heterocycles. The molecule has 0 saturated carbocycles. The molecule has 0 aromatic carbocycles. The SMILES string of the molecule is CC(C)CNCCN(C)CCc1ccnn1C. The standard InChI is InChI=1S/C13H26N4/c1-12(2)11-14-8-10-16(3)9-6-13-5-7-15-17(13)4/h5,7,12,14H,6,8-11H2,1-4H3. The summed E-state index contributed by atoms with van der Waals surface area (Å²) in [6.07, 6.45) is 2.93. The Balaban J connectivity index is 2.09. The van der Waals surface area contributed by atoms with Gasteiger partial charge in [-0.1, -0.05) is 13.8 Å². The first kappa shape index (κ1) is 14.2. The summed E-state index contributed by atoms with van der Waals surface area (Å²) in [5, 5.41) is 7.64. The van der Waals surface area contributed by atoms with Crippen LogP contribution in [0.5, 0.6) is 0 Å². The van der Waals surface area contributed by atoms with Crippen LogP contribution in [-0.4, -0.2) is 47.9 Å². The Bertz CT molecular complexity index is 306. The molecule has 98 valence electrons. The molecule has 4 heteroatoms. The van der Waals surface area contributed by atoms with Crippen LogP contribution in [-0.2, 0) is 13.5 Å². The highest BCUT2D eigenvalue weighted by Crippen LogP contribution is 1.98. The Morgan fingerprint density at radius 1 is 1.41 bits per heavy atom. The van der Waals surface area contributed by atoms with Crippen molar-refractivity contribution in [3.8, 4) is 0 Å². The predicted octanol–water partition coefficient (Wildman–Crippen LogP) is 1.14. The maximum absolute atomic E-state index is 4.18. The van der Waals surface area contributed by atoms with Gasteiger partial charge in [-0.05, 0) is 25.6 Å². The maximum atomic E-state index is 4.18. The van der Waals surface area contributed by atoms with E-state index in [4.69, 9.17) is 0 Å². The van der Waals surface area contributed by atoms with E-state index in [1.165, 1.54) is 5.69 Å². The zero-order chi connectivity index (χ0) is 12.7. The van der Waals surface area contributed by atoms with E-state index in [0.717, 1.165) is 38.5 Å². The average molecular weight is 238 g/mol. The summed E-state index contributed by atoms with van der Waals surface area (Å²) in [5.41, 5.74) is 1.30.